The number of benzene rings is 1. The van der Waals surface area contributed by atoms with Crippen molar-refractivity contribution in [1.29, 1.82) is 0 Å². The fourth-order valence-electron chi connectivity index (χ4n) is 2.29. The average molecular weight is 292 g/mol. The van der Waals surface area contributed by atoms with Gasteiger partial charge in [0.25, 0.3) is 0 Å². The van der Waals surface area contributed by atoms with Crippen LogP contribution in [0.5, 0.6) is 0 Å². The molecule has 0 amide bonds. The maximum Gasteiger partial charge on any atom is 0.136 e. The molecule has 0 aliphatic rings. The summed E-state index contributed by atoms with van der Waals surface area (Å²) in [5.74, 6) is 6.23. The van der Waals surface area contributed by atoms with E-state index in [9.17, 15) is 0 Å². The lowest BCUT2D eigenvalue weighted by molar-refractivity contribution is 0.717. The Labute approximate surface area is 134 Å². The third kappa shape index (κ3) is 5.33. The third-order valence-corrected chi connectivity index (χ3v) is 3.58. The third-order valence-electron chi connectivity index (χ3n) is 3.58. The summed E-state index contributed by atoms with van der Waals surface area (Å²) in [4.78, 5) is 0. The molecule has 0 aliphatic heterocycles. The van der Waals surface area contributed by atoms with Gasteiger partial charge in [-0.1, -0.05) is 51.2 Å². The van der Waals surface area contributed by atoms with Crippen LogP contribution in [0.25, 0.3) is 0 Å². The van der Waals surface area contributed by atoms with E-state index in [2.05, 4.69) is 60.2 Å². The van der Waals surface area contributed by atoms with E-state index in [1.165, 1.54) is 24.8 Å². The zero-order chi connectivity index (χ0) is 15.6. The molecule has 22 heavy (non-hydrogen) atoms. The zero-order valence-electron chi connectivity index (χ0n) is 13.6. The highest BCUT2D eigenvalue weighted by Gasteiger charge is 1.95. The first-order valence-corrected chi connectivity index (χ1v) is 8.25. The lowest BCUT2D eigenvalue weighted by Gasteiger charge is -2.00. The summed E-state index contributed by atoms with van der Waals surface area (Å²) in [6.07, 6.45) is 7.05. The molecule has 0 fully saturated rings. The van der Waals surface area contributed by atoms with Gasteiger partial charge in [0.15, 0.2) is 0 Å². The van der Waals surface area contributed by atoms with Gasteiger partial charge in [0.1, 0.15) is 5.69 Å². The van der Waals surface area contributed by atoms with Gasteiger partial charge in [-0.3, -0.25) is 0 Å². The first-order chi connectivity index (χ1) is 10.8. The van der Waals surface area contributed by atoms with E-state index in [1.54, 1.807) is 0 Å². The van der Waals surface area contributed by atoms with E-state index < -0.39 is 0 Å². The predicted molar refractivity (Wildman–Crippen MR) is 91.7 cm³/mol. The molecule has 2 aromatic rings. The van der Waals surface area contributed by atoms with Crippen molar-refractivity contribution in [2.75, 3.05) is 0 Å². The number of unbranched alkanes of at least 4 members (excludes halogenated alkanes) is 2. The van der Waals surface area contributed by atoms with Gasteiger partial charge in [0.05, 0.1) is 5.69 Å². The Morgan fingerprint density at radius 1 is 0.773 bits per heavy atom. The van der Waals surface area contributed by atoms with Crippen molar-refractivity contribution >= 4 is 0 Å². The highest BCUT2D eigenvalue weighted by Crippen LogP contribution is 2.08. The van der Waals surface area contributed by atoms with Crippen LogP contribution in [0.15, 0.2) is 36.4 Å². The maximum atomic E-state index is 4.18. The molecule has 0 radical (unpaired) electrons. The molecule has 0 spiro atoms. The molecular weight excluding hydrogens is 268 g/mol. The Morgan fingerprint density at radius 2 is 1.59 bits per heavy atom. The SMILES string of the molecule is CCCCCc1ccc(C#Cc2ccc(CCC)nn2)cc1. The second-order valence-corrected chi connectivity index (χ2v) is 5.56. The summed E-state index contributed by atoms with van der Waals surface area (Å²) < 4.78 is 0. The molecule has 0 saturated carbocycles. The zero-order valence-corrected chi connectivity index (χ0v) is 13.6. The van der Waals surface area contributed by atoms with E-state index in [-0.39, 0.29) is 0 Å². The van der Waals surface area contributed by atoms with Crippen LogP contribution in [0, 0.1) is 11.8 Å². The minimum absolute atomic E-state index is 0.729. The molecule has 0 bridgehead atoms. The molecule has 0 aliphatic carbocycles. The Bertz CT molecular complexity index is 615. The van der Waals surface area contributed by atoms with Crippen molar-refractivity contribution in [3.05, 3.63) is 58.9 Å². The molecule has 0 unspecified atom stereocenters. The normalized spacial score (nSPS) is 10.1. The van der Waals surface area contributed by atoms with E-state index >= 15 is 0 Å². The number of hydrogen-bond acceptors (Lipinski definition) is 2. The summed E-state index contributed by atoms with van der Waals surface area (Å²) in [6, 6.07) is 12.5. The van der Waals surface area contributed by atoms with Gasteiger partial charge in [-0.25, -0.2) is 0 Å². The van der Waals surface area contributed by atoms with Gasteiger partial charge in [0, 0.05) is 5.56 Å². The molecular formula is C20H24N2. The Morgan fingerprint density at radius 3 is 2.23 bits per heavy atom. The number of aromatic nitrogens is 2. The average Bonchev–Trinajstić information content (AvgIpc) is 2.56. The van der Waals surface area contributed by atoms with Gasteiger partial charge in [-0.2, -0.15) is 5.10 Å². The molecule has 2 nitrogen and oxygen atoms in total. The maximum absolute atomic E-state index is 4.18. The van der Waals surface area contributed by atoms with Crippen LogP contribution in [0.2, 0.25) is 0 Å². The fraction of sp³-hybridized carbons (Fsp3) is 0.400. The number of rotatable bonds is 6. The summed E-state index contributed by atoms with van der Waals surface area (Å²) in [5.41, 5.74) is 4.18. The summed E-state index contributed by atoms with van der Waals surface area (Å²) in [7, 11) is 0. The second-order valence-electron chi connectivity index (χ2n) is 5.56. The highest BCUT2D eigenvalue weighted by molar-refractivity contribution is 5.40. The lowest BCUT2D eigenvalue weighted by Crippen LogP contribution is -1.94. The standard InChI is InChI=1S/C20H24N2/c1-3-5-6-8-17-9-11-18(12-10-17)13-14-20-16-15-19(7-4-2)21-22-20/h9-12,15-16H,3-8H2,1-2H3. The van der Waals surface area contributed by atoms with Crippen LogP contribution >= 0.6 is 0 Å². The van der Waals surface area contributed by atoms with Crippen molar-refractivity contribution < 1.29 is 0 Å². The highest BCUT2D eigenvalue weighted by atomic mass is 15.1. The van der Waals surface area contributed by atoms with Crippen LogP contribution in [0.3, 0.4) is 0 Å². The molecule has 2 rings (SSSR count). The number of nitrogens with zero attached hydrogens (tertiary/aromatic N) is 2. The largest absolute Gasteiger partial charge is 0.154 e. The van der Waals surface area contributed by atoms with E-state index in [0.29, 0.717) is 0 Å². The summed E-state index contributed by atoms with van der Waals surface area (Å²) in [5, 5.41) is 8.34. The molecule has 114 valence electrons. The number of aryl methyl sites for hydroxylation is 2. The Kier molecular flexibility index (Phi) is 6.64. The lowest BCUT2D eigenvalue weighted by atomic mass is 10.1. The smallest absolute Gasteiger partial charge is 0.136 e. The minimum atomic E-state index is 0.729. The van der Waals surface area contributed by atoms with Gasteiger partial charge < -0.3 is 0 Å². The second kappa shape index (κ2) is 9.00. The Balaban J connectivity index is 1.96. The van der Waals surface area contributed by atoms with Gasteiger partial charge in [-0.15, -0.1) is 5.10 Å². The summed E-state index contributed by atoms with van der Waals surface area (Å²) in [6.45, 7) is 4.37. The van der Waals surface area contributed by atoms with Crippen molar-refractivity contribution in [2.45, 2.75) is 52.4 Å². The van der Waals surface area contributed by atoms with Crippen LogP contribution in [-0.2, 0) is 12.8 Å². The molecule has 0 atom stereocenters. The first kappa shape index (κ1) is 16.2. The van der Waals surface area contributed by atoms with Crippen molar-refractivity contribution in [1.82, 2.24) is 10.2 Å². The van der Waals surface area contributed by atoms with Crippen molar-refractivity contribution in [3.63, 3.8) is 0 Å². The van der Waals surface area contributed by atoms with Crippen molar-refractivity contribution in [2.24, 2.45) is 0 Å². The fourth-order valence-corrected chi connectivity index (χ4v) is 2.29. The monoisotopic (exact) mass is 292 g/mol. The Hall–Kier alpha value is -2.14. The van der Waals surface area contributed by atoms with E-state index in [0.717, 1.165) is 36.2 Å². The quantitative estimate of drug-likeness (QED) is 0.576. The van der Waals surface area contributed by atoms with E-state index in [1.807, 2.05) is 12.1 Å². The topological polar surface area (TPSA) is 25.8 Å². The molecule has 1 heterocycles. The molecule has 1 aromatic carbocycles. The van der Waals surface area contributed by atoms with Crippen LogP contribution in [-0.4, -0.2) is 10.2 Å². The van der Waals surface area contributed by atoms with Gasteiger partial charge in [-0.05, 0) is 55.0 Å². The van der Waals surface area contributed by atoms with Crippen molar-refractivity contribution in [3.8, 4) is 11.8 Å². The molecule has 2 heteroatoms. The number of hydrogen-bond donors (Lipinski definition) is 0. The van der Waals surface area contributed by atoms with Gasteiger partial charge in [0.2, 0.25) is 0 Å². The predicted octanol–water partition coefficient (Wildman–Crippen LogP) is 4.56. The van der Waals surface area contributed by atoms with Gasteiger partial charge >= 0.3 is 0 Å². The molecule has 1 aromatic heterocycles. The first-order valence-electron chi connectivity index (χ1n) is 8.25. The molecule has 0 saturated heterocycles. The van der Waals surface area contributed by atoms with Crippen LogP contribution in [0.4, 0.5) is 0 Å². The minimum Gasteiger partial charge on any atom is -0.154 e. The molecule has 0 N–H and O–H groups in total. The van der Waals surface area contributed by atoms with Crippen LogP contribution in [0.1, 0.15) is 62.0 Å². The van der Waals surface area contributed by atoms with Crippen LogP contribution < -0.4 is 0 Å². The summed E-state index contributed by atoms with van der Waals surface area (Å²) >= 11 is 0. The van der Waals surface area contributed by atoms with E-state index in [4.69, 9.17) is 0 Å².